The van der Waals surface area contributed by atoms with Gasteiger partial charge in [-0.2, -0.15) is 5.26 Å². The SMILES string of the molecule is C[C@@H]1C(=O)C(C#N)C[C@@]2(c3ccccc3)c3nc(Nc4ccccc4)nc(-c4cncnc4)c3CC[C@@H]12. The summed E-state index contributed by atoms with van der Waals surface area (Å²) in [5.41, 5.74) is 4.89. The van der Waals surface area contributed by atoms with E-state index < -0.39 is 11.3 Å². The quantitative estimate of drug-likeness (QED) is 0.419. The Hall–Kier alpha value is -4.44. The van der Waals surface area contributed by atoms with Crippen molar-refractivity contribution in [2.24, 2.45) is 17.8 Å². The zero-order valence-corrected chi connectivity index (χ0v) is 20.5. The van der Waals surface area contributed by atoms with Crippen molar-refractivity contribution in [2.45, 2.75) is 31.6 Å². The Bertz CT molecular complexity index is 1490. The van der Waals surface area contributed by atoms with E-state index in [2.05, 4.69) is 33.5 Å². The molecule has 2 aliphatic rings. The number of benzene rings is 2. The van der Waals surface area contributed by atoms with Gasteiger partial charge in [-0.1, -0.05) is 55.5 Å². The smallest absolute Gasteiger partial charge is 0.228 e. The van der Waals surface area contributed by atoms with Crippen molar-refractivity contribution in [1.82, 2.24) is 19.9 Å². The summed E-state index contributed by atoms with van der Waals surface area (Å²) in [6, 6.07) is 22.4. The normalized spacial score (nSPS) is 24.4. The second kappa shape index (κ2) is 9.21. The van der Waals surface area contributed by atoms with E-state index in [0.717, 1.165) is 46.6 Å². The van der Waals surface area contributed by atoms with Gasteiger partial charge in [0.1, 0.15) is 12.2 Å². The van der Waals surface area contributed by atoms with Crippen LogP contribution < -0.4 is 5.32 Å². The van der Waals surface area contributed by atoms with Gasteiger partial charge in [0, 0.05) is 40.5 Å². The molecule has 1 N–H and O–H groups in total. The standard InChI is InChI=1S/C30H26N6O/c1-19-25-13-12-24-26(21-16-32-18-33-17-21)35-29(34-23-10-6-3-7-11-23)36-28(24)30(25,14-20(15-31)27(19)37)22-8-4-2-5-9-22/h2-11,16-20,25H,12-14H2,1H3,(H,34,35,36)/t19-,20?,25-,30-/m0/s1. The van der Waals surface area contributed by atoms with Crippen molar-refractivity contribution in [1.29, 1.82) is 5.26 Å². The fraction of sp³-hybridized carbons (Fsp3) is 0.267. The van der Waals surface area contributed by atoms with Crippen LogP contribution in [-0.4, -0.2) is 25.7 Å². The molecule has 2 aliphatic carbocycles. The number of ketones is 1. The second-order valence-corrected chi connectivity index (χ2v) is 9.90. The topological polar surface area (TPSA) is 104 Å². The first-order valence-corrected chi connectivity index (χ1v) is 12.6. The van der Waals surface area contributed by atoms with E-state index >= 15 is 0 Å². The summed E-state index contributed by atoms with van der Waals surface area (Å²) in [5.74, 6) is -0.412. The largest absolute Gasteiger partial charge is 0.324 e. The van der Waals surface area contributed by atoms with Crippen LogP contribution in [0.1, 0.15) is 36.6 Å². The third kappa shape index (κ3) is 3.77. The van der Waals surface area contributed by atoms with Crippen LogP contribution in [0.2, 0.25) is 0 Å². The van der Waals surface area contributed by atoms with Gasteiger partial charge >= 0.3 is 0 Å². The zero-order valence-electron chi connectivity index (χ0n) is 20.5. The van der Waals surface area contributed by atoms with E-state index in [1.165, 1.54) is 6.33 Å². The molecule has 0 bridgehead atoms. The van der Waals surface area contributed by atoms with Gasteiger partial charge in [-0.3, -0.25) is 4.79 Å². The molecule has 0 aliphatic heterocycles. The molecule has 0 radical (unpaired) electrons. The molecule has 0 spiro atoms. The van der Waals surface area contributed by atoms with Gasteiger partial charge in [0.25, 0.3) is 0 Å². The lowest BCUT2D eigenvalue weighted by atomic mass is 9.51. The fourth-order valence-corrected chi connectivity index (χ4v) is 6.35. The van der Waals surface area contributed by atoms with Crippen molar-refractivity contribution in [3.63, 3.8) is 0 Å². The molecule has 4 atom stereocenters. The maximum atomic E-state index is 13.2. The van der Waals surface area contributed by atoms with E-state index in [9.17, 15) is 10.1 Å². The molecule has 2 aromatic heterocycles. The fourth-order valence-electron chi connectivity index (χ4n) is 6.35. The summed E-state index contributed by atoms with van der Waals surface area (Å²) < 4.78 is 0. The number of nitriles is 1. The number of carbonyl (C=O) groups is 1. The van der Waals surface area contributed by atoms with Crippen LogP contribution >= 0.6 is 0 Å². The van der Waals surface area contributed by atoms with Crippen LogP contribution in [0.4, 0.5) is 11.6 Å². The van der Waals surface area contributed by atoms with Crippen molar-refractivity contribution in [2.75, 3.05) is 5.32 Å². The Balaban J connectivity index is 1.64. The highest BCUT2D eigenvalue weighted by Gasteiger charge is 2.56. The number of para-hydroxylation sites is 1. The number of nitrogens with zero attached hydrogens (tertiary/aromatic N) is 5. The number of hydrogen-bond acceptors (Lipinski definition) is 7. The Morgan fingerprint density at radius 1 is 1.00 bits per heavy atom. The minimum Gasteiger partial charge on any atom is -0.324 e. The summed E-state index contributed by atoms with van der Waals surface area (Å²) in [7, 11) is 0. The lowest BCUT2D eigenvalue weighted by Crippen LogP contribution is -2.53. The Kier molecular flexibility index (Phi) is 5.72. The first kappa shape index (κ1) is 23.0. The van der Waals surface area contributed by atoms with Crippen LogP contribution in [0, 0.1) is 29.1 Å². The molecule has 7 heteroatoms. The van der Waals surface area contributed by atoms with Gasteiger partial charge in [0.05, 0.1) is 17.5 Å². The van der Waals surface area contributed by atoms with Crippen LogP contribution in [-0.2, 0) is 16.6 Å². The molecular weight excluding hydrogens is 460 g/mol. The summed E-state index contributed by atoms with van der Waals surface area (Å²) in [6.07, 6.45) is 7.00. The molecule has 2 heterocycles. The summed E-state index contributed by atoms with van der Waals surface area (Å²) in [5, 5.41) is 13.4. The van der Waals surface area contributed by atoms with Gasteiger partial charge in [-0.05, 0) is 42.9 Å². The molecule has 37 heavy (non-hydrogen) atoms. The number of anilines is 2. The monoisotopic (exact) mass is 486 g/mol. The van der Waals surface area contributed by atoms with Crippen molar-refractivity contribution >= 4 is 17.4 Å². The first-order valence-electron chi connectivity index (χ1n) is 12.6. The number of hydrogen-bond donors (Lipinski definition) is 1. The molecule has 2 aromatic carbocycles. The molecular formula is C30H26N6O. The minimum atomic E-state index is -0.693. The molecule has 0 amide bonds. The predicted octanol–water partition coefficient (Wildman–Crippen LogP) is 5.27. The number of nitrogens with one attached hydrogen (secondary N) is 1. The molecule has 1 unspecified atom stereocenters. The molecule has 182 valence electrons. The summed E-state index contributed by atoms with van der Waals surface area (Å²) in [4.78, 5) is 31.8. The van der Waals surface area contributed by atoms with Crippen molar-refractivity contribution in [3.8, 4) is 17.3 Å². The van der Waals surface area contributed by atoms with Crippen molar-refractivity contribution < 1.29 is 4.79 Å². The van der Waals surface area contributed by atoms with Crippen molar-refractivity contribution in [3.05, 3.63) is 96.2 Å². The highest BCUT2D eigenvalue weighted by molar-refractivity contribution is 5.88. The highest BCUT2D eigenvalue weighted by Crippen LogP contribution is 2.56. The summed E-state index contributed by atoms with van der Waals surface area (Å²) >= 11 is 0. The van der Waals surface area contributed by atoms with E-state index in [1.54, 1.807) is 12.4 Å². The Morgan fingerprint density at radius 3 is 2.41 bits per heavy atom. The van der Waals surface area contributed by atoms with Gasteiger partial charge in [-0.15, -0.1) is 0 Å². The molecule has 1 saturated carbocycles. The van der Waals surface area contributed by atoms with Gasteiger partial charge in [0.15, 0.2) is 5.78 Å². The van der Waals surface area contributed by atoms with E-state index in [1.807, 2.05) is 55.5 Å². The molecule has 6 rings (SSSR count). The number of Topliss-reactive ketones (excluding diaryl/α,β-unsaturated/α-hetero) is 1. The second-order valence-electron chi connectivity index (χ2n) is 9.90. The molecule has 1 fully saturated rings. The molecule has 4 aromatic rings. The van der Waals surface area contributed by atoms with E-state index in [0.29, 0.717) is 12.4 Å². The van der Waals surface area contributed by atoms with Gasteiger partial charge < -0.3 is 5.32 Å². The third-order valence-corrected chi connectivity index (χ3v) is 8.00. The van der Waals surface area contributed by atoms with Gasteiger partial charge in [0.2, 0.25) is 5.95 Å². The number of carbonyl (C=O) groups excluding carboxylic acids is 1. The first-order chi connectivity index (χ1) is 18.1. The Labute approximate surface area is 215 Å². The number of fused-ring (bicyclic) bond motifs is 3. The Morgan fingerprint density at radius 2 is 1.70 bits per heavy atom. The van der Waals surface area contributed by atoms with Crippen LogP contribution in [0.3, 0.4) is 0 Å². The number of aromatic nitrogens is 4. The zero-order chi connectivity index (χ0) is 25.4. The van der Waals surface area contributed by atoms with E-state index in [4.69, 9.17) is 9.97 Å². The maximum absolute atomic E-state index is 13.2. The predicted molar refractivity (Wildman–Crippen MR) is 140 cm³/mol. The third-order valence-electron chi connectivity index (χ3n) is 8.00. The average molecular weight is 487 g/mol. The lowest BCUT2D eigenvalue weighted by molar-refractivity contribution is -0.131. The minimum absolute atomic E-state index is 0.0267. The van der Waals surface area contributed by atoms with Crippen LogP contribution in [0.15, 0.2) is 79.4 Å². The highest BCUT2D eigenvalue weighted by atomic mass is 16.1. The van der Waals surface area contributed by atoms with Gasteiger partial charge in [-0.25, -0.2) is 19.9 Å². The summed E-state index contributed by atoms with van der Waals surface area (Å²) in [6.45, 7) is 1.98. The lowest BCUT2D eigenvalue weighted by Gasteiger charge is -2.51. The molecule has 0 saturated heterocycles. The maximum Gasteiger partial charge on any atom is 0.228 e. The average Bonchev–Trinajstić information content (AvgIpc) is 2.96. The molecule has 7 nitrogen and oxygen atoms in total. The van der Waals surface area contributed by atoms with Crippen LogP contribution in [0.25, 0.3) is 11.3 Å². The van der Waals surface area contributed by atoms with Crippen LogP contribution in [0.5, 0.6) is 0 Å². The number of rotatable bonds is 4. The van der Waals surface area contributed by atoms with E-state index in [-0.39, 0.29) is 17.6 Å².